The Bertz CT molecular complexity index is 511. The Morgan fingerprint density at radius 3 is 1.57 bits per heavy atom. The van der Waals surface area contributed by atoms with Crippen LogP contribution in [0.15, 0.2) is 17.3 Å². The number of hydrogen-bond donors (Lipinski definition) is 0. The molecule has 0 aliphatic carbocycles. The van der Waals surface area contributed by atoms with Crippen LogP contribution in [0.1, 0.15) is 22.3 Å². The summed E-state index contributed by atoms with van der Waals surface area (Å²) >= 11 is 0. The van der Waals surface area contributed by atoms with Gasteiger partial charge in [-0.15, -0.1) is 0 Å². The lowest BCUT2D eigenvalue weighted by Crippen LogP contribution is -2.50. The summed E-state index contributed by atoms with van der Waals surface area (Å²) in [5, 5.41) is 2.53. The van der Waals surface area contributed by atoms with Crippen molar-refractivity contribution in [1.29, 1.82) is 0 Å². The highest BCUT2D eigenvalue weighted by molar-refractivity contribution is 5.41. The summed E-state index contributed by atoms with van der Waals surface area (Å²) in [7, 11) is 0. The molecule has 0 N–H and O–H groups in total. The van der Waals surface area contributed by atoms with Gasteiger partial charge in [-0.3, -0.25) is 0 Å². The molecule has 1 rings (SSSR count). The summed E-state index contributed by atoms with van der Waals surface area (Å²) in [5.41, 5.74) is -7.00. The predicted molar refractivity (Wildman–Crippen MR) is 60.3 cm³/mol. The van der Waals surface area contributed by atoms with E-state index in [4.69, 9.17) is 0 Å². The molecule has 0 aliphatic rings. The second-order valence-electron chi connectivity index (χ2n) is 4.53. The minimum absolute atomic E-state index is 0.0693. The highest BCUT2D eigenvalue weighted by Crippen LogP contribution is 2.53. The van der Waals surface area contributed by atoms with Gasteiger partial charge in [0, 0.05) is 5.56 Å². The first-order valence-corrected chi connectivity index (χ1v) is 5.58. The van der Waals surface area contributed by atoms with Crippen LogP contribution in [-0.2, 0) is 12.2 Å². The molecule has 0 spiro atoms. The van der Waals surface area contributed by atoms with Gasteiger partial charge in [-0.25, -0.2) is 4.39 Å². The number of alkyl halides is 7. The molecule has 1 aromatic rings. The number of rotatable bonds is 3. The molecule has 0 saturated heterocycles. The summed E-state index contributed by atoms with van der Waals surface area (Å²) in [4.78, 5) is 10.2. The second kappa shape index (κ2) is 5.27. The van der Waals surface area contributed by atoms with Gasteiger partial charge >= 0.3 is 18.0 Å². The standard InChI is InChI=1S/C12H10F7NO/c1-6-3-8(4-7(2)9(6)5-20-21)10(13,11(14,15)16)12(17,18)19/h3-4H,5H2,1-2H3. The number of benzene rings is 1. The third-order valence-electron chi connectivity index (χ3n) is 3.10. The molecule has 0 bridgehead atoms. The molecule has 9 heteroatoms. The smallest absolute Gasteiger partial charge is 0.218 e. The lowest BCUT2D eigenvalue weighted by molar-refractivity contribution is -0.348. The quantitative estimate of drug-likeness (QED) is 0.578. The Kier molecular flexibility index (Phi) is 4.36. The average molecular weight is 317 g/mol. The van der Waals surface area contributed by atoms with Crippen LogP contribution in [0.4, 0.5) is 30.7 Å². The maximum atomic E-state index is 13.9. The zero-order chi connectivity index (χ0) is 16.6. The molecule has 0 unspecified atom stereocenters. The van der Waals surface area contributed by atoms with Crippen LogP contribution in [0.5, 0.6) is 0 Å². The van der Waals surface area contributed by atoms with Crippen molar-refractivity contribution in [3.05, 3.63) is 39.3 Å². The molecule has 0 heterocycles. The van der Waals surface area contributed by atoms with Gasteiger partial charge in [-0.1, -0.05) is 17.3 Å². The van der Waals surface area contributed by atoms with E-state index in [1.807, 2.05) is 0 Å². The highest BCUT2D eigenvalue weighted by Gasteiger charge is 2.73. The van der Waals surface area contributed by atoms with Gasteiger partial charge in [-0.05, 0) is 30.5 Å². The maximum absolute atomic E-state index is 13.9. The van der Waals surface area contributed by atoms with Crippen LogP contribution < -0.4 is 0 Å². The van der Waals surface area contributed by atoms with E-state index in [2.05, 4.69) is 5.18 Å². The second-order valence-corrected chi connectivity index (χ2v) is 4.53. The number of hydrogen-bond acceptors (Lipinski definition) is 2. The molecule has 2 nitrogen and oxygen atoms in total. The minimum atomic E-state index is -6.16. The van der Waals surface area contributed by atoms with Crippen LogP contribution in [0.25, 0.3) is 0 Å². The average Bonchev–Trinajstić information content (AvgIpc) is 2.29. The fraction of sp³-hybridized carbons (Fsp3) is 0.500. The van der Waals surface area contributed by atoms with Crippen molar-refractivity contribution in [3.8, 4) is 0 Å². The summed E-state index contributed by atoms with van der Waals surface area (Å²) in [6, 6.07) is 0.878. The number of nitrogens with zero attached hydrogens (tertiary/aromatic N) is 1. The van der Waals surface area contributed by atoms with E-state index in [0.717, 1.165) is 0 Å². The van der Waals surface area contributed by atoms with E-state index >= 15 is 0 Å². The topological polar surface area (TPSA) is 29.4 Å². The van der Waals surface area contributed by atoms with Crippen molar-refractivity contribution < 1.29 is 30.7 Å². The summed E-state index contributed by atoms with van der Waals surface area (Å²) in [6.07, 6.45) is -12.3. The number of nitroso groups, excluding NO2 is 1. The van der Waals surface area contributed by atoms with E-state index in [0.29, 0.717) is 12.1 Å². The first-order chi connectivity index (χ1) is 9.36. The van der Waals surface area contributed by atoms with Crippen LogP contribution in [0, 0.1) is 18.8 Å². The molecule has 1 aromatic carbocycles. The molecule has 118 valence electrons. The van der Waals surface area contributed by atoms with Gasteiger partial charge in [-0.2, -0.15) is 31.2 Å². The molecule has 0 fully saturated rings. The lowest BCUT2D eigenvalue weighted by atomic mass is 9.89. The van der Waals surface area contributed by atoms with E-state index < -0.39 is 30.1 Å². The van der Waals surface area contributed by atoms with E-state index in [1.165, 1.54) is 13.8 Å². The summed E-state index contributed by atoms with van der Waals surface area (Å²) < 4.78 is 89.7. The van der Waals surface area contributed by atoms with Gasteiger partial charge in [0.1, 0.15) is 6.54 Å². The van der Waals surface area contributed by atoms with Crippen molar-refractivity contribution in [2.45, 2.75) is 38.4 Å². The molecular formula is C12H10F7NO. The molecule has 0 amide bonds. The van der Waals surface area contributed by atoms with Gasteiger partial charge < -0.3 is 0 Å². The van der Waals surface area contributed by atoms with Crippen LogP contribution in [0.3, 0.4) is 0 Å². The molecule has 0 aliphatic heterocycles. The zero-order valence-corrected chi connectivity index (χ0v) is 10.9. The molecule has 21 heavy (non-hydrogen) atoms. The Balaban J connectivity index is 3.60. The van der Waals surface area contributed by atoms with Crippen LogP contribution >= 0.6 is 0 Å². The number of halogens is 7. The normalized spacial score (nSPS) is 13.4. The largest absolute Gasteiger partial charge is 0.435 e. The maximum Gasteiger partial charge on any atom is 0.435 e. The third kappa shape index (κ3) is 2.86. The SMILES string of the molecule is Cc1cc(C(F)(C(F)(F)F)C(F)(F)F)cc(C)c1CN=O. The molecular weight excluding hydrogens is 307 g/mol. The van der Waals surface area contributed by atoms with E-state index in [1.54, 1.807) is 0 Å². The van der Waals surface area contributed by atoms with E-state index in [-0.39, 0.29) is 16.7 Å². The van der Waals surface area contributed by atoms with Crippen LogP contribution in [0.2, 0.25) is 0 Å². The summed E-state index contributed by atoms with van der Waals surface area (Å²) in [5.74, 6) is 0. The molecule has 0 aromatic heterocycles. The lowest BCUT2D eigenvalue weighted by Gasteiger charge is -2.31. The molecule has 0 saturated carbocycles. The third-order valence-corrected chi connectivity index (χ3v) is 3.10. The first kappa shape index (κ1) is 17.4. The van der Waals surface area contributed by atoms with Crippen molar-refractivity contribution >= 4 is 0 Å². The Morgan fingerprint density at radius 1 is 0.905 bits per heavy atom. The zero-order valence-electron chi connectivity index (χ0n) is 10.9. The van der Waals surface area contributed by atoms with Crippen molar-refractivity contribution in [3.63, 3.8) is 0 Å². The van der Waals surface area contributed by atoms with Crippen LogP contribution in [-0.4, -0.2) is 12.4 Å². The fourth-order valence-electron chi connectivity index (χ4n) is 1.99. The van der Waals surface area contributed by atoms with Crippen molar-refractivity contribution in [2.75, 3.05) is 0 Å². The van der Waals surface area contributed by atoms with Gasteiger partial charge in [0.15, 0.2) is 0 Å². The highest BCUT2D eigenvalue weighted by atomic mass is 19.4. The Labute approximate surface area is 114 Å². The Morgan fingerprint density at radius 2 is 1.29 bits per heavy atom. The van der Waals surface area contributed by atoms with E-state index in [9.17, 15) is 35.6 Å². The Hall–Kier alpha value is -1.67. The van der Waals surface area contributed by atoms with Crippen molar-refractivity contribution in [1.82, 2.24) is 0 Å². The number of aryl methyl sites for hydroxylation is 2. The van der Waals surface area contributed by atoms with Gasteiger partial charge in [0.25, 0.3) is 0 Å². The molecule has 0 radical (unpaired) electrons. The molecule has 0 atom stereocenters. The summed E-state index contributed by atoms with van der Waals surface area (Å²) in [6.45, 7) is 1.95. The fourth-order valence-corrected chi connectivity index (χ4v) is 1.99. The van der Waals surface area contributed by atoms with Gasteiger partial charge in [0.05, 0.1) is 0 Å². The van der Waals surface area contributed by atoms with Gasteiger partial charge in [0.2, 0.25) is 0 Å². The first-order valence-electron chi connectivity index (χ1n) is 5.58. The minimum Gasteiger partial charge on any atom is -0.218 e. The monoisotopic (exact) mass is 317 g/mol. The predicted octanol–water partition coefficient (Wildman–Crippen LogP) is 4.86. The van der Waals surface area contributed by atoms with Crippen molar-refractivity contribution in [2.24, 2.45) is 5.18 Å².